The van der Waals surface area contributed by atoms with E-state index in [9.17, 15) is 4.79 Å². The molecule has 1 saturated carbocycles. The molecule has 9 heteroatoms. The van der Waals surface area contributed by atoms with Crippen LogP contribution in [0.4, 0.5) is 5.13 Å². The van der Waals surface area contributed by atoms with Gasteiger partial charge in [0.1, 0.15) is 11.5 Å². The van der Waals surface area contributed by atoms with Crippen LogP contribution in [0.1, 0.15) is 37.9 Å². The summed E-state index contributed by atoms with van der Waals surface area (Å²) in [5.41, 5.74) is 2.75. The number of carbonyl (C=O) groups is 1. The highest BCUT2D eigenvalue weighted by atomic mass is 35.5. The fourth-order valence-electron chi connectivity index (χ4n) is 4.73. The highest BCUT2D eigenvalue weighted by Crippen LogP contribution is 2.40. The summed E-state index contributed by atoms with van der Waals surface area (Å²) in [6, 6.07) is 19.3. The van der Waals surface area contributed by atoms with E-state index < -0.39 is 0 Å². The maximum atomic E-state index is 13.7. The summed E-state index contributed by atoms with van der Waals surface area (Å²) < 4.78 is 6.05. The Bertz CT molecular complexity index is 1540. The lowest BCUT2D eigenvalue weighted by molar-refractivity contribution is -0.124. The van der Waals surface area contributed by atoms with E-state index in [0.29, 0.717) is 36.8 Å². The maximum Gasteiger partial charge on any atom is 0.267 e. The Labute approximate surface area is 239 Å². The van der Waals surface area contributed by atoms with Crippen molar-refractivity contribution in [1.29, 1.82) is 0 Å². The van der Waals surface area contributed by atoms with Gasteiger partial charge in [0.2, 0.25) is 5.13 Å². The van der Waals surface area contributed by atoms with Gasteiger partial charge in [-0.2, -0.15) is 4.99 Å². The molecule has 192 valence electrons. The fraction of sp³-hybridized carbons (Fsp3) is 0.207. The molecular formula is C29H23Cl2N3O2S2. The van der Waals surface area contributed by atoms with E-state index in [1.54, 1.807) is 18.2 Å². The molecule has 0 radical (unpaired) electrons. The summed E-state index contributed by atoms with van der Waals surface area (Å²) >= 11 is 15.1. The van der Waals surface area contributed by atoms with Crippen molar-refractivity contribution in [2.75, 3.05) is 0 Å². The van der Waals surface area contributed by atoms with Crippen LogP contribution in [0.5, 0.6) is 0 Å². The van der Waals surface area contributed by atoms with Crippen LogP contribution in [0.3, 0.4) is 0 Å². The van der Waals surface area contributed by atoms with E-state index in [1.807, 2.05) is 58.8 Å². The van der Waals surface area contributed by atoms with Crippen LogP contribution in [0.2, 0.25) is 10.0 Å². The number of nitrogens with zero attached hydrogens (tertiary/aromatic N) is 3. The van der Waals surface area contributed by atoms with Crippen molar-refractivity contribution in [2.24, 2.45) is 4.99 Å². The van der Waals surface area contributed by atoms with Gasteiger partial charge in [0.25, 0.3) is 5.91 Å². The molecule has 1 amide bonds. The number of rotatable bonds is 5. The number of halogens is 2. The Morgan fingerprint density at radius 2 is 1.79 bits per heavy atom. The second-order valence-electron chi connectivity index (χ2n) is 9.18. The standard InChI is InChI=1S/C29H23Cl2N3O2S2/c30-22-13-11-19(15-23(22)31)25-14-12-21(36-25)16-26-27(35)34(20-9-5-2-6-10-20)29(38-26)33-28-32-24(17-37-28)18-7-3-1-4-8-18/h1,3-4,7-8,11-17,20H,2,5-6,9-10H2/b26-16+,33-29+. The summed E-state index contributed by atoms with van der Waals surface area (Å²) in [5, 5.41) is 4.27. The molecule has 0 spiro atoms. The van der Waals surface area contributed by atoms with Crippen LogP contribution in [0, 0.1) is 0 Å². The van der Waals surface area contributed by atoms with Crippen molar-refractivity contribution in [3.05, 3.63) is 86.8 Å². The zero-order chi connectivity index (χ0) is 26.1. The summed E-state index contributed by atoms with van der Waals surface area (Å²) in [5.74, 6) is 1.21. The molecule has 0 atom stereocenters. The number of aliphatic imine (C=N–C) groups is 1. The predicted octanol–water partition coefficient (Wildman–Crippen LogP) is 9.31. The molecule has 0 unspecified atom stereocenters. The quantitative estimate of drug-likeness (QED) is 0.221. The number of carbonyl (C=O) groups excluding carboxylic acids is 1. The Morgan fingerprint density at radius 3 is 2.58 bits per heavy atom. The van der Waals surface area contributed by atoms with Crippen LogP contribution in [0.15, 0.2) is 80.4 Å². The summed E-state index contributed by atoms with van der Waals surface area (Å²) in [6.07, 6.45) is 7.20. The maximum absolute atomic E-state index is 13.7. The predicted molar refractivity (Wildman–Crippen MR) is 158 cm³/mol. The van der Waals surface area contributed by atoms with Gasteiger partial charge >= 0.3 is 0 Å². The molecular weight excluding hydrogens is 557 g/mol. The minimum atomic E-state index is -0.0343. The van der Waals surface area contributed by atoms with Crippen molar-refractivity contribution in [3.8, 4) is 22.6 Å². The average Bonchev–Trinajstić information content (AvgIpc) is 3.67. The highest BCUT2D eigenvalue weighted by Gasteiger charge is 2.39. The number of thioether (sulfide) groups is 1. The zero-order valence-electron chi connectivity index (χ0n) is 20.3. The molecule has 0 bridgehead atoms. The third kappa shape index (κ3) is 5.34. The van der Waals surface area contributed by atoms with Crippen molar-refractivity contribution in [3.63, 3.8) is 0 Å². The molecule has 0 N–H and O–H groups in total. The lowest BCUT2D eigenvalue weighted by Gasteiger charge is -2.30. The van der Waals surface area contributed by atoms with Crippen LogP contribution in [-0.2, 0) is 4.79 Å². The lowest BCUT2D eigenvalue weighted by atomic mass is 9.94. The van der Waals surface area contributed by atoms with E-state index in [2.05, 4.69) is 0 Å². The summed E-state index contributed by atoms with van der Waals surface area (Å²) in [7, 11) is 0. The minimum Gasteiger partial charge on any atom is -0.457 e. The first-order valence-electron chi connectivity index (χ1n) is 12.4. The molecule has 3 heterocycles. The molecule has 38 heavy (non-hydrogen) atoms. The Morgan fingerprint density at radius 1 is 0.974 bits per heavy atom. The average molecular weight is 581 g/mol. The molecule has 1 aliphatic heterocycles. The second-order valence-corrected chi connectivity index (χ2v) is 11.8. The number of thiazole rings is 1. The molecule has 2 aromatic heterocycles. The van der Waals surface area contributed by atoms with E-state index in [1.165, 1.54) is 29.5 Å². The first-order valence-corrected chi connectivity index (χ1v) is 14.9. The van der Waals surface area contributed by atoms with Crippen molar-refractivity contribution < 1.29 is 9.21 Å². The van der Waals surface area contributed by atoms with Gasteiger partial charge in [0.15, 0.2) is 5.17 Å². The van der Waals surface area contributed by atoms with Gasteiger partial charge < -0.3 is 4.42 Å². The summed E-state index contributed by atoms with van der Waals surface area (Å²) in [6.45, 7) is 0. The molecule has 5 nitrogen and oxygen atoms in total. The van der Waals surface area contributed by atoms with Crippen molar-refractivity contribution in [1.82, 2.24) is 9.88 Å². The number of aromatic nitrogens is 1. The third-order valence-electron chi connectivity index (χ3n) is 6.63. The third-order valence-corrected chi connectivity index (χ3v) is 9.09. The Hall–Kier alpha value is -2.84. The number of amidine groups is 1. The molecule has 1 saturated heterocycles. The largest absolute Gasteiger partial charge is 0.457 e. The van der Waals surface area contributed by atoms with Gasteiger partial charge in [0, 0.05) is 28.6 Å². The smallest absolute Gasteiger partial charge is 0.267 e. The molecule has 2 aliphatic rings. The molecule has 6 rings (SSSR count). The Kier molecular flexibility index (Phi) is 7.43. The fourth-order valence-corrected chi connectivity index (χ4v) is 6.80. The van der Waals surface area contributed by atoms with E-state index >= 15 is 0 Å². The van der Waals surface area contributed by atoms with Crippen LogP contribution >= 0.6 is 46.3 Å². The molecule has 1 aliphatic carbocycles. The number of amides is 1. The van der Waals surface area contributed by atoms with Gasteiger partial charge in [-0.25, -0.2) is 4.98 Å². The van der Waals surface area contributed by atoms with E-state index in [4.69, 9.17) is 37.6 Å². The van der Waals surface area contributed by atoms with E-state index in [0.717, 1.165) is 42.5 Å². The van der Waals surface area contributed by atoms with Gasteiger partial charge in [0.05, 0.1) is 20.6 Å². The number of furan rings is 1. The monoisotopic (exact) mass is 579 g/mol. The van der Waals surface area contributed by atoms with E-state index in [-0.39, 0.29) is 11.9 Å². The first-order chi connectivity index (χ1) is 18.5. The van der Waals surface area contributed by atoms with Gasteiger partial charge in [-0.05, 0) is 54.9 Å². The van der Waals surface area contributed by atoms with Crippen molar-refractivity contribution in [2.45, 2.75) is 38.1 Å². The van der Waals surface area contributed by atoms with Crippen LogP contribution in [0.25, 0.3) is 28.7 Å². The van der Waals surface area contributed by atoms with Gasteiger partial charge in [-0.15, -0.1) is 11.3 Å². The highest BCUT2D eigenvalue weighted by molar-refractivity contribution is 8.18. The molecule has 2 aromatic carbocycles. The number of hydrogen-bond acceptors (Lipinski definition) is 6. The van der Waals surface area contributed by atoms with Crippen LogP contribution < -0.4 is 0 Å². The van der Waals surface area contributed by atoms with Gasteiger partial charge in [-0.1, -0.05) is 72.8 Å². The normalized spacial score (nSPS) is 18.7. The topological polar surface area (TPSA) is 58.7 Å². The molecule has 2 fully saturated rings. The first kappa shape index (κ1) is 25.4. The molecule has 4 aromatic rings. The Balaban J connectivity index is 1.30. The number of benzene rings is 2. The van der Waals surface area contributed by atoms with Crippen LogP contribution in [-0.4, -0.2) is 27.0 Å². The second kappa shape index (κ2) is 11.1. The van der Waals surface area contributed by atoms with Crippen molar-refractivity contribution >= 4 is 68.6 Å². The SMILES string of the molecule is O=C1/C(=C\c2ccc(-c3ccc(Cl)c(Cl)c3)o2)S/C(=N/c2nc(-c3ccccc3)cs2)N1C1CCCCC1. The van der Waals surface area contributed by atoms with Gasteiger partial charge in [-0.3, -0.25) is 9.69 Å². The zero-order valence-corrected chi connectivity index (χ0v) is 23.4. The number of hydrogen-bond donors (Lipinski definition) is 0. The minimum absolute atomic E-state index is 0.0343. The summed E-state index contributed by atoms with van der Waals surface area (Å²) in [4.78, 5) is 25.7. The lowest BCUT2D eigenvalue weighted by Crippen LogP contribution is -2.40.